The number of anilines is 3. The molecule has 3 rings (SSSR count). The largest absolute Gasteiger partial charge is 0.489 e. The molecule has 0 aliphatic carbocycles. The second-order valence-electron chi connectivity index (χ2n) is 5.30. The summed E-state index contributed by atoms with van der Waals surface area (Å²) in [6.45, 7) is 0.102. The first-order valence-electron chi connectivity index (χ1n) is 7.63. The summed E-state index contributed by atoms with van der Waals surface area (Å²) in [5.41, 5.74) is 6.67. The molecule has 0 saturated heterocycles. The molecule has 0 aliphatic heterocycles. The lowest BCUT2D eigenvalue weighted by molar-refractivity contribution is -0.106. The van der Waals surface area contributed by atoms with Crippen LogP contribution < -0.4 is 15.4 Å². The molecule has 3 N–H and O–H groups in total. The number of hydrogen-bond acceptors (Lipinski definition) is 6. The predicted molar refractivity (Wildman–Crippen MR) is 98.9 cm³/mol. The highest BCUT2D eigenvalue weighted by atomic mass is 35.5. The Hall–Kier alpha value is -2.91. The summed E-state index contributed by atoms with van der Waals surface area (Å²) >= 11 is 12.0. The van der Waals surface area contributed by atoms with E-state index in [1.54, 1.807) is 0 Å². The van der Waals surface area contributed by atoms with E-state index < -0.39 is 5.82 Å². The molecule has 27 heavy (non-hydrogen) atoms. The predicted octanol–water partition coefficient (Wildman–Crippen LogP) is 3.14. The van der Waals surface area contributed by atoms with Crippen LogP contribution in [0.2, 0.25) is 10.0 Å². The molecule has 2 aromatic heterocycles. The van der Waals surface area contributed by atoms with E-state index in [4.69, 9.17) is 33.7 Å². The van der Waals surface area contributed by atoms with E-state index in [2.05, 4.69) is 20.4 Å². The van der Waals surface area contributed by atoms with Crippen LogP contribution in [0.5, 0.6) is 5.75 Å². The van der Waals surface area contributed by atoms with Gasteiger partial charge in [0.15, 0.2) is 17.4 Å². The minimum Gasteiger partial charge on any atom is -0.489 e. The lowest BCUT2D eigenvalue weighted by Gasteiger charge is -2.15. The second kappa shape index (κ2) is 8.19. The minimum absolute atomic E-state index is 0.0354. The van der Waals surface area contributed by atoms with Gasteiger partial charge in [-0.3, -0.25) is 14.8 Å². The number of aromatic amines is 1. The van der Waals surface area contributed by atoms with E-state index in [9.17, 15) is 9.18 Å². The molecule has 0 bridgehead atoms. The van der Waals surface area contributed by atoms with Crippen molar-refractivity contribution in [2.75, 3.05) is 17.2 Å². The van der Waals surface area contributed by atoms with Gasteiger partial charge in [-0.05, 0) is 17.7 Å². The molecule has 0 atom stereocenters. The number of nitrogen functional groups attached to an aromatic ring is 1. The van der Waals surface area contributed by atoms with Gasteiger partial charge in [-0.2, -0.15) is 5.10 Å². The SMILES string of the molecule is Nc1nnc(N(C=O)c2cn[nH]c2)cc1OCCc1c(Cl)ccc(F)c1Cl. The van der Waals surface area contributed by atoms with Crippen molar-refractivity contribution in [3.63, 3.8) is 0 Å². The van der Waals surface area contributed by atoms with E-state index in [0.29, 0.717) is 22.7 Å². The monoisotopic (exact) mass is 410 g/mol. The second-order valence-corrected chi connectivity index (χ2v) is 6.09. The molecule has 3 aromatic rings. The van der Waals surface area contributed by atoms with E-state index in [1.807, 2.05) is 0 Å². The molecule has 1 amide bonds. The van der Waals surface area contributed by atoms with E-state index in [0.717, 1.165) is 0 Å². The van der Waals surface area contributed by atoms with Crippen molar-refractivity contribution < 1.29 is 13.9 Å². The Morgan fingerprint density at radius 3 is 2.85 bits per heavy atom. The van der Waals surface area contributed by atoms with Crippen LogP contribution in [0.25, 0.3) is 0 Å². The number of H-pyrrole nitrogens is 1. The number of nitrogens with one attached hydrogen (secondary N) is 1. The van der Waals surface area contributed by atoms with Crippen molar-refractivity contribution in [2.45, 2.75) is 6.42 Å². The molecule has 0 aliphatic rings. The van der Waals surface area contributed by atoms with Crippen molar-refractivity contribution >= 4 is 46.9 Å². The molecule has 0 fully saturated rings. The van der Waals surface area contributed by atoms with E-state index in [1.165, 1.54) is 35.5 Å². The Balaban J connectivity index is 1.76. The van der Waals surface area contributed by atoms with Crippen molar-refractivity contribution in [2.24, 2.45) is 0 Å². The van der Waals surface area contributed by atoms with Crippen LogP contribution in [0.1, 0.15) is 5.56 Å². The number of carbonyl (C=O) groups excluding carboxylic acids is 1. The number of hydrogen-bond donors (Lipinski definition) is 2. The average Bonchev–Trinajstić information content (AvgIpc) is 3.18. The number of nitrogens with zero attached hydrogens (tertiary/aromatic N) is 4. The highest BCUT2D eigenvalue weighted by molar-refractivity contribution is 6.36. The van der Waals surface area contributed by atoms with Crippen molar-refractivity contribution in [1.82, 2.24) is 20.4 Å². The van der Waals surface area contributed by atoms with Crippen LogP contribution in [0.4, 0.5) is 21.7 Å². The maximum absolute atomic E-state index is 13.6. The van der Waals surface area contributed by atoms with E-state index in [-0.39, 0.29) is 35.4 Å². The first kappa shape index (κ1) is 18.9. The third-order valence-corrected chi connectivity index (χ3v) is 4.40. The average molecular weight is 411 g/mol. The molecule has 8 nitrogen and oxygen atoms in total. The molecule has 2 heterocycles. The number of aromatic nitrogens is 4. The standard InChI is InChI=1S/C16H13Cl2FN6O2/c17-11-1-2-12(19)15(18)10(11)3-4-27-13-5-14(23-24-16(13)20)25(8-26)9-6-21-22-7-9/h1-2,5-8H,3-4H2,(H2,20,24)(H,21,22). The Bertz CT molecular complexity index is 954. The highest BCUT2D eigenvalue weighted by Crippen LogP contribution is 2.29. The van der Waals surface area contributed by atoms with Gasteiger partial charge in [0.1, 0.15) is 5.82 Å². The summed E-state index contributed by atoms with van der Waals surface area (Å²) < 4.78 is 19.2. The van der Waals surface area contributed by atoms with Crippen LogP contribution >= 0.6 is 23.2 Å². The van der Waals surface area contributed by atoms with Crippen LogP contribution in [-0.4, -0.2) is 33.4 Å². The van der Waals surface area contributed by atoms with Crippen LogP contribution in [0.3, 0.4) is 0 Å². The van der Waals surface area contributed by atoms with Crippen LogP contribution in [0, 0.1) is 5.82 Å². The summed E-state index contributed by atoms with van der Waals surface area (Å²) in [7, 11) is 0. The van der Waals surface area contributed by atoms with Gasteiger partial charge in [0, 0.05) is 23.7 Å². The molecule has 1 aromatic carbocycles. The molecule has 0 spiro atoms. The van der Waals surface area contributed by atoms with Crippen molar-refractivity contribution in [3.8, 4) is 5.75 Å². The topological polar surface area (TPSA) is 110 Å². The van der Waals surface area contributed by atoms with Crippen LogP contribution in [0.15, 0.2) is 30.6 Å². The maximum atomic E-state index is 13.6. The zero-order chi connectivity index (χ0) is 19.4. The Kier molecular flexibility index (Phi) is 5.72. The van der Waals surface area contributed by atoms with Gasteiger partial charge in [0.2, 0.25) is 6.41 Å². The smallest absolute Gasteiger partial charge is 0.220 e. The minimum atomic E-state index is -0.565. The molecular weight excluding hydrogens is 398 g/mol. The molecule has 0 unspecified atom stereocenters. The quantitative estimate of drug-likeness (QED) is 0.457. The normalized spacial score (nSPS) is 10.6. The Morgan fingerprint density at radius 1 is 1.33 bits per heavy atom. The summed E-state index contributed by atoms with van der Waals surface area (Å²) in [5, 5.41) is 14.3. The van der Waals surface area contributed by atoms with Gasteiger partial charge in [-0.25, -0.2) is 4.39 Å². The number of benzene rings is 1. The van der Waals surface area contributed by atoms with Gasteiger partial charge in [-0.15, -0.1) is 10.2 Å². The Morgan fingerprint density at radius 2 is 2.15 bits per heavy atom. The number of ether oxygens (including phenoxy) is 1. The maximum Gasteiger partial charge on any atom is 0.220 e. The van der Waals surface area contributed by atoms with Gasteiger partial charge in [0.05, 0.1) is 23.5 Å². The fourth-order valence-corrected chi connectivity index (χ4v) is 2.85. The first-order valence-corrected chi connectivity index (χ1v) is 8.38. The first-order chi connectivity index (χ1) is 13.0. The van der Waals surface area contributed by atoms with Crippen molar-refractivity contribution in [1.29, 1.82) is 0 Å². The summed E-state index contributed by atoms with van der Waals surface area (Å²) in [6.07, 6.45) is 3.76. The highest BCUT2D eigenvalue weighted by Gasteiger charge is 2.16. The molecule has 0 saturated carbocycles. The molecular formula is C16H13Cl2FN6O2. The zero-order valence-corrected chi connectivity index (χ0v) is 15.2. The number of rotatable bonds is 7. The summed E-state index contributed by atoms with van der Waals surface area (Å²) in [5.74, 6) is -0.130. The number of halogens is 3. The van der Waals surface area contributed by atoms with Crippen LogP contribution in [-0.2, 0) is 11.2 Å². The molecule has 0 radical (unpaired) electrons. The number of amides is 1. The number of carbonyl (C=O) groups is 1. The van der Waals surface area contributed by atoms with Gasteiger partial charge >= 0.3 is 0 Å². The lowest BCUT2D eigenvalue weighted by atomic mass is 10.1. The third-order valence-electron chi connectivity index (χ3n) is 3.64. The molecule has 140 valence electrons. The van der Waals surface area contributed by atoms with Gasteiger partial charge in [0.25, 0.3) is 0 Å². The van der Waals surface area contributed by atoms with Crippen molar-refractivity contribution in [3.05, 3.63) is 52.0 Å². The fourth-order valence-electron chi connectivity index (χ4n) is 2.29. The molecule has 11 heteroatoms. The number of nitrogens with two attached hydrogens (primary N) is 1. The Labute approximate surface area is 163 Å². The fraction of sp³-hybridized carbons (Fsp3) is 0.125. The van der Waals surface area contributed by atoms with Gasteiger partial charge in [-0.1, -0.05) is 23.2 Å². The zero-order valence-electron chi connectivity index (χ0n) is 13.7. The summed E-state index contributed by atoms with van der Waals surface area (Å²) in [6, 6.07) is 4.07. The lowest BCUT2D eigenvalue weighted by Crippen LogP contribution is -2.16. The summed E-state index contributed by atoms with van der Waals surface area (Å²) in [4.78, 5) is 12.6. The van der Waals surface area contributed by atoms with Gasteiger partial charge < -0.3 is 10.5 Å². The van der Waals surface area contributed by atoms with E-state index >= 15 is 0 Å². The third kappa shape index (κ3) is 4.09.